The standard InChI is InChI=1S/C23H25N3O3/c1-3-25-12-14-26(15-13-25)21-20(24-16-8-10-17(29-2)11-9-16)22(27)18-6-4-5-7-19(18)23(21)28/h4-11,21H,3,12-15H2,1-2H3. The summed E-state index contributed by atoms with van der Waals surface area (Å²) in [6.45, 7) is 6.36. The lowest BCUT2D eigenvalue weighted by Crippen LogP contribution is -2.58. The Morgan fingerprint density at radius 2 is 1.62 bits per heavy atom. The number of fused-ring (bicyclic) bond motifs is 1. The molecule has 6 nitrogen and oxygen atoms in total. The number of carbonyl (C=O) groups excluding carboxylic acids is 2. The molecule has 0 spiro atoms. The Labute approximate surface area is 170 Å². The van der Waals surface area contributed by atoms with Gasteiger partial charge in [-0.2, -0.15) is 0 Å². The molecular weight excluding hydrogens is 366 g/mol. The van der Waals surface area contributed by atoms with Gasteiger partial charge in [-0.3, -0.25) is 14.5 Å². The smallest absolute Gasteiger partial charge is 0.210 e. The monoisotopic (exact) mass is 391 g/mol. The van der Waals surface area contributed by atoms with E-state index in [1.807, 2.05) is 6.07 Å². The number of methoxy groups -OCH3 is 1. The van der Waals surface area contributed by atoms with E-state index < -0.39 is 6.04 Å². The van der Waals surface area contributed by atoms with Gasteiger partial charge >= 0.3 is 0 Å². The molecule has 4 rings (SSSR count). The fourth-order valence-corrected chi connectivity index (χ4v) is 4.01. The summed E-state index contributed by atoms with van der Waals surface area (Å²) < 4.78 is 5.20. The molecule has 1 unspecified atom stereocenters. The predicted octanol–water partition coefficient (Wildman–Crippen LogP) is 2.85. The zero-order chi connectivity index (χ0) is 20.4. The van der Waals surface area contributed by atoms with Gasteiger partial charge in [0.05, 0.1) is 12.8 Å². The van der Waals surface area contributed by atoms with Crippen molar-refractivity contribution in [1.82, 2.24) is 9.80 Å². The molecule has 0 bridgehead atoms. The minimum Gasteiger partial charge on any atom is -0.497 e. The molecule has 0 amide bonds. The van der Waals surface area contributed by atoms with Gasteiger partial charge in [-0.05, 0) is 30.8 Å². The second kappa shape index (κ2) is 8.27. The van der Waals surface area contributed by atoms with E-state index in [1.54, 1.807) is 49.6 Å². The van der Waals surface area contributed by atoms with Gasteiger partial charge in [0.15, 0.2) is 5.78 Å². The summed E-state index contributed by atoms with van der Waals surface area (Å²) >= 11 is 0. The second-order valence-corrected chi connectivity index (χ2v) is 7.31. The first kappa shape index (κ1) is 19.5. The molecule has 2 aromatic rings. The Morgan fingerprint density at radius 3 is 2.24 bits per heavy atom. The zero-order valence-corrected chi connectivity index (χ0v) is 16.8. The normalized spacial score (nSPS) is 22.0. The number of aliphatic imine (C=N–C) groups is 1. The Balaban J connectivity index is 1.75. The van der Waals surface area contributed by atoms with Crippen LogP contribution < -0.4 is 4.74 Å². The molecule has 6 heteroatoms. The summed E-state index contributed by atoms with van der Waals surface area (Å²) in [7, 11) is 1.60. The van der Waals surface area contributed by atoms with E-state index in [2.05, 4.69) is 21.7 Å². The lowest BCUT2D eigenvalue weighted by molar-refractivity contribution is 0.0756. The molecule has 2 aliphatic rings. The van der Waals surface area contributed by atoms with Crippen molar-refractivity contribution in [1.29, 1.82) is 0 Å². The molecule has 2 aromatic carbocycles. The fourth-order valence-electron chi connectivity index (χ4n) is 4.01. The lowest BCUT2D eigenvalue weighted by atomic mass is 9.83. The van der Waals surface area contributed by atoms with Crippen LogP contribution in [0.3, 0.4) is 0 Å². The van der Waals surface area contributed by atoms with Gasteiger partial charge in [-0.15, -0.1) is 0 Å². The number of ketones is 2. The highest BCUT2D eigenvalue weighted by atomic mass is 16.5. The van der Waals surface area contributed by atoms with Crippen LogP contribution in [0.15, 0.2) is 53.5 Å². The van der Waals surface area contributed by atoms with Crippen LogP contribution in [0.5, 0.6) is 5.75 Å². The van der Waals surface area contributed by atoms with E-state index in [0.29, 0.717) is 22.5 Å². The lowest BCUT2D eigenvalue weighted by Gasteiger charge is -2.39. The minimum absolute atomic E-state index is 0.0441. The summed E-state index contributed by atoms with van der Waals surface area (Å²) in [5.74, 6) is 0.508. The summed E-state index contributed by atoms with van der Waals surface area (Å²) in [4.78, 5) is 35.8. The van der Waals surface area contributed by atoms with Crippen LogP contribution >= 0.6 is 0 Å². The van der Waals surface area contributed by atoms with Crippen molar-refractivity contribution in [2.75, 3.05) is 39.8 Å². The quantitative estimate of drug-likeness (QED) is 0.802. The van der Waals surface area contributed by atoms with Crippen LogP contribution in [0.2, 0.25) is 0 Å². The third-order valence-electron chi connectivity index (χ3n) is 5.72. The molecular formula is C23H25N3O3. The Kier molecular flexibility index (Phi) is 5.56. The molecule has 1 fully saturated rings. The molecule has 150 valence electrons. The van der Waals surface area contributed by atoms with Gasteiger partial charge < -0.3 is 9.64 Å². The molecule has 0 aromatic heterocycles. The molecule has 0 saturated carbocycles. The van der Waals surface area contributed by atoms with Gasteiger partial charge in [0.1, 0.15) is 17.5 Å². The number of rotatable bonds is 4. The first-order valence-corrected chi connectivity index (χ1v) is 9.99. The van der Waals surface area contributed by atoms with Crippen molar-refractivity contribution in [3.63, 3.8) is 0 Å². The topological polar surface area (TPSA) is 62.2 Å². The van der Waals surface area contributed by atoms with Crippen molar-refractivity contribution in [3.05, 3.63) is 59.7 Å². The van der Waals surface area contributed by atoms with Gasteiger partial charge in [0.2, 0.25) is 5.78 Å². The first-order chi connectivity index (χ1) is 14.1. The van der Waals surface area contributed by atoms with E-state index >= 15 is 0 Å². The largest absolute Gasteiger partial charge is 0.497 e. The van der Waals surface area contributed by atoms with Gasteiger partial charge in [0, 0.05) is 37.3 Å². The Morgan fingerprint density at radius 1 is 0.966 bits per heavy atom. The molecule has 1 saturated heterocycles. The fraction of sp³-hybridized carbons (Fsp3) is 0.348. The van der Waals surface area contributed by atoms with E-state index in [4.69, 9.17) is 4.74 Å². The third kappa shape index (κ3) is 3.73. The maximum Gasteiger partial charge on any atom is 0.210 e. The number of hydrogen-bond acceptors (Lipinski definition) is 6. The minimum atomic E-state index is -0.640. The molecule has 1 aliphatic carbocycles. The van der Waals surface area contributed by atoms with Crippen molar-refractivity contribution < 1.29 is 14.3 Å². The van der Waals surface area contributed by atoms with E-state index in [-0.39, 0.29) is 11.6 Å². The van der Waals surface area contributed by atoms with Crippen LogP contribution in [0.4, 0.5) is 5.69 Å². The van der Waals surface area contributed by atoms with E-state index in [9.17, 15) is 9.59 Å². The van der Waals surface area contributed by atoms with Crippen molar-refractivity contribution in [3.8, 4) is 5.75 Å². The Bertz CT molecular complexity index is 944. The van der Waals surface area contributed by atoms with E-state index in [1.165, 1.54) is 0 Å². The average molecular weight is 391 g/mol. The Hall–Kier alpha value is -2.83. The maximum absolute atomic E-state index is 13.4. The number of Topliss-reactive ketones (excluding diaryl/α,β-unsaturated/α-hetero) is 2. The summed E-state index contributed by atoms with van der Waals surface area (Å²) in [6.07, 6.45) is 0. The number of likely N-dealkylation sites (N-methyl/N-ethyl adjacent to an activating group) is 1. The highest BCUT2D eigenvalue weighted by Crippen LogP contribution is 2.27. The number of benzene rings is 2. The number of ether oxygens (including phenoxy) is 1. The van der Waals surface area contributed by atoms with Crippen LogP contribution in [-0.2, 0) is 0 Å². The van der Waals surface area contributed by atoms with Crippen LogP contribution in [0, 0.1) is 0 Å². The van der Waals surface area contributed by atoms with Crippen molar-refractivity contribution in [2.24, 2.45) is 4.99 Å². The number of carbonyl (C=O) groups is 2. The van der Waals surface area contributed by atoms with Gasteiger partial charge in [0.25, 0.3) is 0 Å². The van der Waals surface area contributed by atoms with Crippen LogP contribution in [0.1, 0.15) is 27.6 Å². The summed E-state index contributed by atoms with van der Waals surface area (Å²) in [5, 5.41) is 0. The number of piperazine rings is 1. The zero-order valence-electron chi connectivity index (χ0n) is 16.8. The van der Waals surface area contributed by atoms with E-state index in [0.717, 1.165) is 38.5 Å². The van der Waals surface area contributed by atoms with Crippen molar-refractivity contribution >= 4 is 23.0 Å². The number of hydrogen-bond donors (Lipinski definition) is 0. The first-order valence-electron chi connectivity index (χ1n) is 9.99. The molecule has 1 heterocycles. The molecule has 29 heavy (non-hydrogen) atoms. The van der Waals surface area contributed by atoms with Gasteiger partial charge in [-0.1, -0.05) is 31.2 Å². The molecule has 1 aliphatic heterocycles. The molecule has 1 atom stereocenters. The SMILES string of the molecule is CCN1CCN(C2C(=O)c3ccccc3C(=O)C2=Nc2ccc(OC)cc2)CC1. The molecule has 0 radical (unpaired) electrons. The average Bonchev–Trinajstić information content (AvgIpc) is 2.78. The third-order valence-corrected chi connectivity index (χ3v) is 5.72. The highest BCUT2D eigenvalue weighted by Gasteiger charge is 2.42. The van der Waals surface area contributed by atoms with Crippen molar-refractivity contribution in [2.45, 2.75) is 13.0 Å². The van der Waals surface area contributed by atoms with Crippen LogP contribution in [-0.4, -0.2) is 73.0 Å². The summed E-state index contributed by atoms with van der Waals surface area (Å²) in [5.41, 5.74) is 1.88. The van der Waals surface area contributed by atoms with Gasteiger partial charge in [-0.25, -0.2) is 4.99 Å². The second-order valence-electron chi connectivity index (χ2n) is 7.31. The number of nitrogens with zero attached hydrogens (tertiary/aromatic N) is 3. The summed E-state index contributed by atoms with van der Waals surface area (Å²) in [6, 6.07) is 13.6. The van der Waals surface area contributed by atoms with Crippen LogP contribution in [0.25, 0.3) is 0 Å². The highest BCUT2D eigenvalue weighted by molar-refractivity contribution is 6.55. The molecule has 0 N–H and O–H groups in total. The predicted molar refractivity (Wildman–Crippen MR) is 113 cm³/mol. The maximum atomic E-state index is 13.4.